The van der Waals surface area contributed by atoms with Crippen LogP contribution in [0.2, 0.25) is 5.02 Å². The molecule has 1 N–H and O–H groups in total. The van der Waals surface area contributed by atoms with Gasteiger partial charge in [-0.2, -0.15) is 15.4 Å². The molecule has 0 aliphatic heterocycles. The van der Waals surface area contributed by atoms with Crippen molar-refractivity contribution in [1.29, 1.82) is 0 Å². The number of methoxy groups -OCH3 is 1. The van der Waals surface area contributed by atoms with Crippen molar-refractivity contribution < 1.29 is 9.53 Å². The minimum Gasteiger partial charge on any atom is -0.496 e. The molecule has 0 aliphatic carbocycles. The van der Waals surface area contributed by atoms with E-state index in [0.29, 0.717) is 16.5 Å². The summed E-state index contributed by atoms with van der Waals surface area (Å²) in [6, 6.07) is 5.15. The fraction of sp³-hybridized carbons (Fsp3) is 0.182. The molecule has 0 saturated heterocycles. The van der Waals surface area contributed by atoms with Crippen LogP contribution in [0.3, 0.4) is 0 Å². The van der Waals surface area contributed by atoms with E-state index in [-0.39, 0.29) is 12.2 Å². The van der Waals surface area contributed by atoms with Gasteiger partial charge in [0.2, 0.25) is 0 Å². The number of aromatic amines is 1. The van der Waals surface area contributed by atoms with Crippen molar-refractivity contribution >= 4 is 17.4 Å². The highest BCUT2D eigenvalue weighted by Gasteiger charge is 2.13. The molecule has 2 aromatic rings. The third-order valence-corrected chi connectivity index (χ3v) is 2.53. The van der Waals surface area contributed by atoms with Gasteiger partial charge in [-0.15, -0.1) is 0 Å². The van der Waals surface area contributed by atoms with Crippen molar-refractivity contribution in [2.75, 3.05) is 7.11 Å². The lowest BCUT2D eigenvalue weighted by atomic mass is 10.1. The minimum atomic E-state index is -0.140. The van der Waals surface area contributed by atoms with Gasteiger partial charge in [0.25, 0.3) is 0 Å². The van der Waals surface area contributed by atoms with Crippen molar-refractivity contribution in [3.63, 3.8) is 0 Å². The maximum Gasteiger partial charge on any atom is 0.189 e. The van der Waals surface area contributed by atoms with E-state index in [1.807, 2.05) is 0 Å². The van der Waals surface area contributed by atoms with Crippen LogP contribution in [0.15, 0.2) is 24.4 Å². The van der Waals surface area contributed by atoms with Crippen molar-refractivity contribution in [2.45, 2.75) is 6.42 Å². The van der Waals surface area contributed by atoms with Crippen LogP contribution in [0, 0.1) is 0 Å². The van der Waals surface area contributed by atoms with E-state index in [9.17, 15) is 4.79 Å². The molecular weight excluding hydrogens is 242 g/mol. The van der Waals surface area contributed by atoms with Crippen LogP contribution in [-0.2, 0) is 6.42 Å². The number of Topliss-reactive ketones (excluding diaryl/α,β-unsaturated/α-hetero) is 1. The number of hydrogen-bond donors (Lipinski definition) is 1. The maximum absolute atomic E-state index is 11.8. The van der Waals surface area contributed by atoms with E-state index in [2.05, 4.69) is 15.4 Å². The smallest absolute Gasteiger partial charge is 0.189 e. The fourth-order valence-electron chi connectivity index (χ4n) is 1.48. The first kappa shape index (κ1) is 11.6. The Kier molecular flexibility index (Phi) is 3.39. The van der Waals surface area contributed by atoms with Gasteiger partial charge in [-0.3, -0.25) is 4.79 Å². The number of nitrogens with one attached hydrogen (secondary N) is 1. The lowest BCUT2D eigenvalue weighted by Crippen LogP contribution is -2.05. The van der Waals surface area contributed by atoms with E-state index >= 15 is 0 Å². The van der Waals surface area contributed by atoms with Crippen molar-refractivity contribution in [3.05, 3.63) is 40.7 Å². The molecule has 0 unspecified atom stereocenters. The van der Waals surface area contributed by atoms with Gasteiger partial charge in [0.15, 0.2) is 5.78 Å². The molecule has 1 aromatic carbocycles. The monoisotopic (exact) mass is 251 g/mol. The second kappa shape index (κ2) is 4.97. The molecule has 88 valence electrons. The number of nitrogens with zero attached hydrogens (tertiary/aromatic N) is 2. The molecule has 0 saturated carbocycles. The minimum absolute atomic E-state index is 0.140. The molecule has 0 amide bonds. The fourth-order valence-corrected chi connectivity index (χ4v) is 1.68. The number of carbonyl (C=O) groups is 1. The van der Waals surface area contributed by atoms with Crippen LogP contribution < -0.4 is 4.74 Å². The van der Waals surface area contributed by atoms with Gasteiger partial charge in [-0.25, -0.2) is 0 Å². The second-order valence-corrected chi connectivity index (χ2v) is 3.85. The number of ether oxygens (including phenoxy) is 1. The number of benzene rings is 1. The predicted molar refractivity (Wildman–Crippen MR) is 62.4 cm³/mol. The van der Waals surface area contributed by atoms with Crippen molar-refractivity contribution in [3.8, 4) is 5.75 Å². The largest absolute Gasteiger partial charge is 0.496 e. The van der Waals surface area contributed by atoms with E-state index in [1.54, 1.807) is 25.3 Å². The van der Waals surface area contributed by atoms with Gasteiger partial charge in [0.05, 0.1) is 13.3 Å². The summed E-state index contributed by atoms with van der Waals surface area (Å²) >= 11 is 5.88. The standard InChI is InChI=1S/C11H10ClN3O2/c1-17-11-3-2-8(12)4-7(11)5-10(16)9-6-13-15-14-9/h2-4,6H,5H2,1H3,(H,13,14,15). The van der Waals surface area contributed by atoms with E-state index in [1.165, 1.54) is 6.20 Å². The number of aromatic nitrogens is 3. The molecule has 0 fully saturated rings. The molecular formula is C11H10ClN3O2. The van der Waals surface area contributed by atoms with Crippen LogP contribution in [0.1, 0.15) is 16.1 Å². The third-order valence-electron chi connectivity index (χ3n) is 2.29. The molecule has 2 rings (SSSR count). The Balaban J connectivity index is 2.23. The summed E-state index contributed by atoms with van der Waals surface area (Å²) in [4.78, 5) is 11.8. The Morgan fingerprint density at radius 2 is 2.35 bits per heavy atom. The number of ketones is 1. The molecule has 17 heavy (non-hydrogen) atoms. The van der Waals surface area contributed by atoms with Crippen molar-refractivity contribution in [2.24, 2.45) is 0 Å². The lowest BCUT2D eigenvalue weighted by Gasteiger charge is -2.07. The number of halogens is 1. The zero-order chi connectivity index (χ0) is 12.3. The number of hydrogen-bond acceptors (Lipinski definition) is 4. The summed E-state index contributed by atoms with van der Waals surface area (Å²) in [5.41, 5.74) is 1.03. The van der Waals surface area contributed by atoms with Crippen LogP contribution >= 0.6 is 11.6 Å². The Labute approximate surface area is 103 Å². The molecule has 0 bridgehead atoms. The molecule has 5 nitrogen and oxygen atoms in total. The summed E-state index contributed by atoms with van der Waals surface area (Å²) in [6.07, 6.45) is 1.57. The zero-order valence-electron chi connectivity index (χ0n) is 9.11. The highest BCUT2D eigenvalue weighted by atomic mass is 35.5. The molecule has 0 aliphatic rings. The Hall–Kier alpha value is -1.88. The highest BCUT2D eigenvalue weighted by Crippen LogP contribution is 2.23. The summed E-state index contributed by atoms with van der Waals surface area (Å²) in [7, 11) is 1.55. The molecule has 1 aromatic heterocycles. The van der Waals surface area contributed by atoms with Crippen LogP contribution in [0.25, 0.3) is 0 Å². The highest BCUT2D eigenvalue weighted by molar-refractivity contribution is 6.30. The molecule has 0 spiro atoms. The maximum atomic E-state index is 11.8. The average molecular weight is 252 g/mol. The van der Waals surface area contributed by atoms with Gasteiger partial charge in [-0.05, 0) is 18.2 Å². The number of H-pyrrole nitrogens is 1. The number of carbonyl (C=O) groups excluding carboxylic acids is 1. The quantitative estimate of drug-likeness (QED) is 0.843. The van der Waals surface area contributed by atoms with Gasteiger partial charge in [-0.1, -0.05) is 11.6 Å². The van der Waals surface area contributed by atoms with Crippen LogP contribution in [0.5, 0.6) is 5.75 Å². The molecule has 6 heteroatoms. The Morgan fingerprint density at radius 1 is 1.53 bits per heavy atom. The van der Waals surface area contributed by atoms with E-state index in [0.717, 1.165) is 5.56 Å². The summed E-state index contributed by atoms with van der Waals surface area (Å²) in [6.45, 7) is 0. The van der Waals surface area contributed by atoms with Crippen molar-refractivity contribution in [1.82, 2.24) is 15.4 Å². The topological polar surface area (TPSA) is 67.9 Å². The Morgan fingerprint density at radius 3 is 3.00 bits per heavy atom. The number of rotatable bonds is 4. The third kappa shape index (κ3) is 2.62. The van der Waals surface area contributed by atoms with Gasteiger partial charge < -0.3 is 4.74 Å². The van der Waals surface area contributed by atoms with Crippen LogP contribution in [0.4, 0.5) is 0 Å². The summed E-state index contributed by atoms with van der Waals surface area (Å²) in [5, 5.41) is 10.3. The average Bonchev–Trinajstić information content (AvgIpc) is 2.83. The first-order valence-electron chi connectivity index (χ1n) is 4.92. The normalized spacial score (nSPS) is 10.2. The van der Waals surface area contributed by atoms with E-state index in [4.69, 9.17) is 16.3 Å². The first-order valence-corrected chi connectivity index (χ1v) is 5.30. The molecule has 0 radical (unpaired) electrons. The summed E-state index contributed by atoms with van der Waals surface area (Å²) in [5.74, 6) is 0.491. The van der Waals surface area contributed by atoms with Gasteiger partial charge >= 0.3 is 0 Å². The van der Waals surface area contributed by atoms with E-state index < -0.39 is 0 Å². The van der Waals surface area contributed by atoms with Crippen LogP contribution in [-0.4, -0.2) is 28.3 Å². The predicted octanol–water partition coefficient (Wildman–Crippen LogP) is 1.89. The zero-order valence-corrected chi connectivity index (χ0v) is 9.86. The molecule has 1 heterocycles. The lowest BCUT2D eigenvalue weighted by molar-refractivity contribution is 0.0987. The molecule has 0 atom stereocenters. The Bertz CT molecular complexity index is 526. The first-order chi connectivity index (χ1) is 8.20. The summed E-state index contributed by atoms with van der Waals surface area (Å²) < 4.78 is 5.16. The SMILES string of the molecule is COc1ccc(Cl)cc1CC(=O)c1cn[nH]n1. The van der Waals surface area contributed by atoms with Gasteiger partial charge in [0, 0.05) is 17.0 Å². The second-order valence-electron chi connectivity index (χ2n) is 3.41. The van der Waals surface area contributed by atoms with Gasteiger partial charge in [0.1, 0.15) is 11.4 Å².